The second-order valence-electron chi connectivity index (χ2n) is 8.14. The molecule has 0 unspecified atom stereocenters. The number of amides is 1. The first-order valence-corrected chi connectivity index (χ1v) is 11.5. The average molecular weight is 462 g/mol. The van der Waals surface area contributed by atoms with E-state index in [0.717, 1.165) is 30.5 Å². The molecule has 5 rings (SSSR count). The lowest BCUT2D eigenvalue weighted by Gasteiger charge is -2.14. The number of carbonyl (C=O) groups is 1. The summed E-state index contributed by atoms with van der Waals surface area (Å²) in [5, 5.41) is 12.5. The topological polar surface area (TPSA) is 85.8 Å². The predicted octanol–water partition coefficient (Wildman–Crippen LogP) is 4.87. The summed E-state index contributed by atoms with van der Waals surface area (Å²) in [5.74, 6) is 0.220. The van der Waals surface area contributed by atoms with E-state index < -0.39 is 0 Å². The van der Waals surface area contributed by atoms with Gasteiger partial charge in [-0.25, -0.2) is 0 Å². The van der Waals surface area contributed by atoms with Gasteiger partial charge in [-0.15, -0.1) is 0 Å². The number of nitrogens with zero attached hydrogens (tertiary/aromatic N) is 4. The molecule has 1 aliphatic carbocycles. The normalized spacial score (nSPS) is 13.0. The van der Waals surface area contributed by atoms with Crippen LogP contribution in [0.4, 0.5) is 0 Å². The molecule has 7 nitrogen and oxygen atoms in total. The molecule has 0 radical (unpaired) electrons. The summed E-state index contributed by atoms with van der Waals surface area (Å²) in [6, 6.07) is 11.3. The molecule has 1 aliphatic rings. The van der Waals surface area contributed by atoms with Gasteiger partial charge in [-0.1, -0.05) is 35.0 Å². The molecule has 1 N–H and O–H groups in total. The molecule has 0 bridgehead atoms. The quantitative estimate of drug-likeness (QED) is 0.442. The summed E-state index contributed by atoms with van der Waals surface area (Å²) < 4.78 is 7.37. The fourth-order valence-corrected chi connectivity index (χ4v) is 4.66. The van der Waals surface area contributed by atoms with E-state index in [0.29, 0.717) is 40.7 Å². The number of fused-ring (bicyclic) bond motifs is 1. The zero-order valence-corrected chi connectivity index (χ0v) is 19.1. The van der Waals surface area contributed by atoms with Crippen molar-refractivity contribution in [1.29, 1.82) is 0 Å². The van der Waals surface area contributed by atoms with Crippen molar-refractivity contribution in [1.82, 2.24) is 25.2 Å². The van der Waals surface area contributed by atoms with Crippen LogP contribution in [0, 0.1) is 6.92 Å². The van der Waals surface area contributed by atoms with Crippen molar-refractivity contribution in [3.63, 3.8) is 0 Å². The summed E-state index contributed by atoms with van der Waals surface area (Å²) in [5.41, 5.74) is 6.21. The Bertz CT molecular complexity index is 1300. The molecule has 0 atom stereocenters. The Morgan fingerprint density at radius 3 is 2.73 bits per heavy atom. The molecule has 0 fully saturated rings. The number of pyridine rings is 1. The Balaban J connectivity index is 1.34. The molecular formula is C25H24ClN5O2. The number of hydrogen-bond donors (Lipinski definition) is 1. The van der Waals surface area contributed by atoms with E-state index in [2.05, 4.69) is 15.5 Å². The van der Waals surface area contributed by atoms with Gasteiger partial charge in [0, 0.05) is 41.3 Å². The molecule has 33 heavy (non-hydrogen) atoms. The number of aryl methyl sites for hydroxylation is 1. The molecule has 0 spiro atoms. The van der Waals surface area contributed by atoms with Crippen LogP contribution in [0.1, 0.15) is 40.2 Å². The van der Waals surface area contributed by atoms with Gasteiger partial charge >= 0.3 is 0 Å². The second kappa shape index (κ2) is 9.19. The van der Waals surface area contributed by atoms with Crippen LogP contribution in [0.25, 0.3) is 22.5 Å². The number of nitrogens with one attached hydrogen (secondary N) is 1. The standard InChI is InChI=1S/C25H24ClN5O2/c1-16-22(24(30-33-16)18-6-2-4-8-20(18)26)25(32)28-14-15-31-21-9-5-3-7-19(21)23(29-31)17-10-12-27-13-11-17/h2,4,6,8,10-13H,3,5,7,9,14-15H2,1H3,(H,28,32). The minimum Gasteiger partial charge on any atom is -0.360 e. The van der Waals surface area contributed by atoms with Crippen LogP contribution >= 0.6 is 11.6 Å². The van der Waals surface area contributed by atoms with Crippen LogP contribution in [-0.2, 0) is 19.4 Å². The van der Waals surface area contributed by atoms with Gasteiger partial charge in [0.15, 0.2) is 0 Å². The lowest BCUT2D eigenvalue weighted by atomic mass is 9.94. The van der Waals surface area contributed by atoms with Gasteiger partial charge in [0.2, 0.25) is 0 Å². The molecular weight excluding hydrogens is 438 g/mol. The van der Waals surface area contributed by atoms with Crippen LogP contribution in [0.2, 0.25) is 5.02 Å². The Morgan fingerprint density at radius 2 is 1.91 bits per heavy atom. The van der Waals surface area contributed by atoms with Crippen molar-refractivity contribution in [2.45, 2.75) is 39.2 Å². The second-order valence-corrected chi connectivity index (χ2v) is 8.55. The molecule has 3 heterocycles. The first-order valence-electron chi connectivity index (χ1n) is 11.1. The van der Waals surface area contributed by atoms with Gasteiger partial charge in [0.1, 0.15) is 17.0 Å². The van der Waals surface area contributed by atoms with Gasteiger partial charge in [-0.2, -0.15) is 5.10 Å². The Labute approximate surface area is 196 Å². The number of benzene rings is 1. The zero-order chi connectivity index (χ0) is 22.8. The van der Waals surface area contributed by atoms with Crippen molar-refractivity contribution < 1.29 is 9.32 Å². The lowest BCUT2D eigenvalue weighted by molar-refractivity contribution is 0.0951. The minimum absolute atomic E-state index is 0.237. The molecule has 168 valence electrons. The van der Waals surface area contributed by atoms with Crippen molar-refractivity contribution >= 4 is 17.5 Å². The molecule has 3 aromatic heterocycles. The Hall–Kier alpha value is -3.45. The summed E-state index contributed by atoms with van der Waals surface area (Å²) in [6.07, 6.45) is 7.94. The molecule has 1 aromatic carbocycles. The smallest absolute Gasteiger partial charge is 0.257 e. The summed E-state index contributed by atoms with van der Waals surface area (Å²) in [4.78, 5) is 17.2. The van der Waals surface area contributed by atoms with Gasteiger partial charge < -0.3 is 9.84 Å². The highest BCUT2D eigenvalue weighted by Gasteiger charge is 2.24. The van der Waals surface area contributed by atoms with E-state index in [1.54, 1.807) is 25.4 Å². The maximum absolute atomic E-state index is 13.0. The lowest BCUT2D eigenvalue weighted by Crippen LogP contribution is -2.28. The van der Waals surface area contributed by atoms with Gasteiger partial charge in [-0.05, 0) is 50.8 Å². The van der Waals surface area contributed by atoms with Gasteiger partial charge in [0.05, 0.1) is 17.3 Å². The van der Waals surface area contributed by atoms with E-state index >= 15 is 0 Å². The largest absolute Gasteiger partial charge is 0.360 e. The van der Waals surface area contributed by atoms with E-state index in [4.69, 9.17) is 21.2 Å². The van der Waals surface area contributed by atoms with E-state index in [1.165, 1.54) is 17.7 Å². The third-order valence-electron chi connectivity index (χ3n) is 6.04. The Kier molecular flexibility index (Phi) is 5.96. The highest BCUT2D eigenvalue weighted by molar-refractivity contribution is 6.33. The molecule has 0 saturated carbocycles. The van der Waals surface area contributed by atoms with Crippen LogP contribution < -0.4 is 5.32 Å². The number of halogens is 1. The molecule has 0 aliphatic heterocycles. The fraction of sp³-hybridized carbons (Fsp3) is 0.280. The number of carbonyl (C=O) groups excluding carboxylic acids is 1. The molecule has 1 amide bonds. The predicted molar refractivity (Wildman–Crippen MR) is 126 cm³/mol. The summed E-state index contributed by atoms with van der Waals surface area (Å²) >= 11 is 6.32. The van der Waals surface area contributed by atoms with E-state index in [9.17, 15) is 4.79 Å². The van der Waals surface area contributed by atoms with Crippen LogP contribution in [0.3, 0.4) is 0 Å². The maximum Gasteiger partial charge on any atom is 0.257 e. The van der Waals surface area contributed by atoms with Crippen molar-refractivity contribution in [2.24, 2.45) is 0 Å². The SMILES string of the molecule is Cc1onc(-c2ccccc2Cl)c1C(=O)NCCn1nc(-c2ccncc2)c2c1CCCC2. The Morgan fingerprint density at radius 1 is 1.12 bits per heavy atom. The van der Waals surface area contributed by atoms with Crippen LogP contribution in [-0.4, -0.2) is 32.4 Å². The van der Waals surface area contributed by atoms with Crippen molar-refractivity contribution in [2.75, 3.05) is 6.54 Å². The zero-order valence-electron chi connectivity index (χ0n) is 18.3. The first kappa shape index (κ1) is 21.4. The number of rotatable bonds is 6. The summed E-state index contributed by atoms with van der Waals surface area (Å²) in [6.45, 7) is 2.76. The number of hydrogen-bond acceptors (Lipinski definition) is 5. The third-order valence-corrected chi connectivity index (χ3v) is 6.37. The fourth-order valence-electron chi connectivity index (χ4n) is 4.44. The first-order chi connectivity index (χ1) is 16.1. The van der Waals surface area contributed by atoms with E-state index in [1.807, 2.05) is 35.0 Å². The number of aromatic nitrogens is 4. The summed E-state index contributed by atoms with van der Waals surface area (Å²) in [7, 11) is 0. The van der Waals surface area contributed by atoms with Gasteiger partial charge in [0.25, 0.3) is 5.91 Å². The van der Waals surface area contributed by atoms with Crippen molar-refractivity contribution in [3.8, 4) is 22.5 Å². The maximum atomic E-state index is 13.0. The monoisotopic (exact) mass is 461 g/mol. The van der Waals surface area contributed by atoms with Crippen molar-refractivity contribution in [3.05, 3.63) is 76.4 Å². The minimum atomic E-state index is -0.237. The van der Waals surface area contributed by atoms with Crippen LogP contribution in [0.15, 0.2) is 53.3 Å². The highest BCUT2D eigenvalue weighted by Crippen LogP contribution is 2.32. The van der Waals surface area contributed by atoms with Crippen LogP contribution in [0.5, 0.6) is 0 Å². The third kappa shape index (κ3) is 4.16. The van der Waals surface area contributed by atoms with E-state index in [-0.39, 0.29) is 5.91 Å². The van der Waals surface area contributed by atoms with Gasteiger partial charge in [-0.3, -0.25) is 14.5 Å². The molecule has 4 aromatic rings. The molecule has 0 saturated heterocycles. The average Bonchev–Trinajstić information content (AvgIpc) is 3.41. The molecule has 8 heteroatoms. The highest BCUT2D eigenvalue weighted by atomic mass is 35.5.